The topological polar surface area (TPSA) is 64.4 Å². The monoisotopic (exact) mass is 475 g/mol. The van der Waals surface area contributed by atoms with Crippen molar-refractivity contribution in [2.75, 3.05) is 25.4 Å². The molecule has 2 saturated heterocycles. The van der Waals surface area contributed by atoms with E-state index < -0.39 is 0 Å². The molecule has 0 radical (unpaired) electrons. The molecule has 3 aliphatic rings. The zero-order valence-corrected chi connectivity index (χ0v) is 20.7. The van der Waals surface area contributed by atoms with Gasteiger partial charge in [0, 0.05) is 24.6 Å². The Morgan fingerprint density at radius 3 is 2.75 bits per heavy atom. The van der Waals surface area contributed by atoms with Crippen molar-refractivity contribution in [3.05, 3.63) is 20.8 Å². The second-order valence-corrected chi connectivity index (χ2v) is 11.9. The van der Waals surface area contributed by atoms with Crippen LogP contribution in [0.2, 0.25) is 0 Å². The molecule has 0 bridgehead atoms. The van der Waals surface area contributed by atoms with Gasteiger partial charge in [0.2, 0.25) is 5.91 Å². The first-order chi connectivity index (χ1) is 15.5. The van der Waals surface area contributed by atoms with E-state index in [0.29, 0.717) is 29.3 Å². The quantitative estimate of drug-likeness (QED) is 0.481. The zero-order valence-electron chi connectivity index (χ0n) is 19.1. The van der Waals surface area contributed by atoms with Crippen LogP contribution in [0, 0.1) is 11.8 Å². The average molecular weight is 476 g/mol. The maximum atomic E-state index is 13.7. The van der Waals surface area contributed by atoms with E-state index in [0.717, 1.165) is 74.9 Å². The highest BCUT2D eigenvalue weighted by atomic mass is 32.2. The van der Waals surface area contributed by atoms with Crippen LogP contribution >= 0.6 is 23.1 Å². The number of amides is 1. The Bertz CT molecular complexity index is 1050. The van der Waals surface area contributed by atoms with Gasteiger partial charge < -0.3 is 9.64 Å². The summed E-state index contributed by atoms with van der Waals surface area (Å²) in [7, 11) is 0. The van der Waals surface area contributed by atoms with Gasteiger partial charge >= 0.3 is 0 Å². The van der Waals surface area contributed by atoms with Crippen molar-refractivity contribution in [3.8, 4) is 0 Å². The molecule has 0 spiro atoms. The Morgan fingerprint density at radius 1 is 1.19 bits per heavy atom. The van der Waals surface area contributed by atoms with Crippen LogP contribution < -0.4 is 5.56 Å². The van der Waals surface area contributed by atoms with Crippen LogP contribution in [0.15, 0.2) is 9.95 Å². The first-order valence-corrected chi connectivity index (χ1v) is 13.9. The molecule has 2 unspecified atom stereocenters. The fourth-order valence-electron chi connectivity index (χ4n) is 5.14. The van der Waals surface area contributed by atoms with E-state index in [1.807, 2.05) is 4.90 Å². The van der Waals surface area contributed by atoms with Gasteiger partial charge in [0.25, 0.3) is 5.56 Å². The van der Waals surface area contributed by atoms with E-state index in [4.69, 9.17) is 9.72 Å². The number of hydrogen-bond donors (Lipinski definition) is 0. The first-order valence-electron chi connectivity index (χ1n) is 12.1. The third-order valence-electron chi connectivity index (χ3n) is 7.25. The van der Waals surface area contributed by atoms with Gasteiger partial charge in [-0.05, 0) is 62.3 Å². The summed E-state index contributed by atoms with van der Waals surface area (Å²) in [6, 6.07) is 0. The lowest BCUT2D eigenvalue weighted by atomic mass is 9.89. The van der Waals surface area contributed by atoms with Crippen molar-refractivity contribution in [3.63, 3.8) is 0 Å². The molecule has 8 heteroatoms. The Hall–Kier alpha value is -1.38. The number of thioether (sulfide) groups is 1. The molecule has 2 aliphatic heterocycles. The normalized spacial score (nSPS) is 24.2. The standard InChI is InChI=1S/C24H33N3O3S2/c1-15-7-9-26(10-8-15)20(28)14-31-24-25-22-21(18-6-5-16(2)12-19(18)32-22)23(29)27(24)13-17-4-3-11-30-17/h15-17H,3-14H2,1-2H3. The van der Waals surface area contributed by atoms with Gasteiger partial charge in [-0.25, -0.2) is 4.98 Å². The van der Waals surface area contributed by atoms with Crippen molar-refractivity contribution in [2.24, 2.45) is 11.8 Å². The lowest BCUT2D eigenvalue weighted by molar-refractivity contribution is -0.129. The highest BCUT2D eigenvalue weighted by molar-refractivity contribution is 7.99. The number of piperidine rings is 1. The van der Waals surface area contributed by atoms with Gasteiger partial charge in [-0.2, -0.15) is 0 Å². The summed E-state index contributed by atoms with van der Waals surface area (Å²) in [6.45, 7) is 7.50. The van der Waals surface area contributed by atoms with Crippen LogP contribution in [-0.2, 0) is 28.9 Å². The molecule has 0 N–H and O–H groups in total. The lowest BCUT2D eigenvalue weighted by Gasteiger charge is -2.30. The molecular formula is C24H33N3O3S2. The van der Waals surface area contributed by atoms with E-state index in [2.05, 4.69) is 13.8 Å². The van der Waals surface area contributed by atoms with E-state index >= 15 is 0 Å². The minimum Gasteiger partial charge on any atom is -0.376 e. The van der Waals surface area contributed by atoms with Crippen LogP contribution in [0.5, 0.6) is 0 Å². The number of ether oxygens (including phenoxy) is 1. The van der Waals surface area contributed by atoms with Crippen LogP contribution in [0.1, 0.15) is 56.4 Å². The Kier molecular flexibility index (Phi) is 6.63. The van der Waals surface area contributed by atoms with Gasteiger partial charge in [-0.3, -0.25) is 14.2 Å². The van der Waals surface area contributed by atoms with E-state index in [1.54, 1.807) is 15.9 Å². The summed E-state index contributed by atoms with van der Waals surface area (Å²) in [4.78, 5) is 35.6. The number of hydrogen-bond acceptors (Lipinski definition) is 6. The van der Waals surface area contributed by atoms with Gasteiger partial charge in [0.1, 0.15) is 4.83 Å². The number of carbonyl (C=O) groups is 1. The summed E-state index contributed by atoms with van der Waals surface area (Å²) in [5.74, 6) is 1.84. The number of carbonyl (C=O) groups excluding carboxylic acids is 1. The summed E-state index contributed by atoms with van der Waals surface area (Å²) < 4.78 is 7.65. The highest BCUT2D eigenvalue weighted by Gasteiger charge is 2.27. The largest absolute Gasteiger partial charge is 0.376 e. The maximum Gasteiger partial charge on any atom is 0.263 e. The molecule has 2 atom stereocenters. The summed E-state index contributed by atoms with van der Waals surface area (Å²) >= 11 is 3.10. The third kappa shape index (κ3) is 4.50. The molecule has 5 rings (SSSR count). The molecule has 2 aromatic heterocycles. The van der Waals surface area contributed by atoms with Crippen LogP contribution in [0.3, 0.4) is 0 Å². The third-order valence-corrected chi connectivity index (χ3v) is 9.36. The van der Waals surface area contributed by atoms with E-state index in [9.17, 15) is 9.59 Å². The smallest absolute Gasteiger partial charge is 0.263 e. The number of likely N-dealkylation sites (tertiary alicyclic amines) is 1. The van der Waals surface area contributed by atoms with Gasteiger partial charge in [0.05, 0.1) is 23.8 Å². The van der Waals surface area contributed by atoms with Crippen LogP contribution in [-0.4, -0.2) is 51.9 Å². The van der Waals surface area contributed by atoms with Crippen molar-refractivity contribution in [1.82, 2.24) is 14.5 Å². The van der Waals surface area contributed by atoms with Crippen molar-refractivity contribution < 1.29 is 9.53 Å². The summed E-state index contributed by atoms with van der Waals surface area (Å²) in [5, 5.41) is 1.49. The molecule has 6 nitrogen and oxygen atoms in total. The molecule has 4 heterocycles. The lowest BCUT2D eigenvalue weighted by Crippen LogP contribution is -2.39. The van der Waals surface area contributed by atoms with E-state index in [-0.39, 0.29) is 17.6 Å². The highest BCUT2D eigenvalue weighted by Crippen LogP contribution is 2.36. The molecule has 2 aromatic rings. The minimum atomic E-state index is 0.0549. The molecule has 174 valence electrons. The predicted molar refractivity (Wildman–Crippen MR) is 130 cm³/mol. The predicted octanol–water partition coefficient (Wildman–Crippen LogP) is 4.11. The number of nitrogens with zero attached hydrogens (tertiary/aromatic N) is 3. The molecule has 1 aliphatic carbocycles. The molecule has 1 amide bonds. The van der Waals surface area contributed by atoms with Crippen LogP contribution in [0.25, 0.3) is 10.2 Å². The van der Waals surface area contributed by atoms with Crippen molar-refractivity contribution in [1.29, 1.82) is 0 Å². The molecule has 2 fully saturated rings. The van der Waals surface area contributed by atoms with Crippen molar-refractivity contribution in [2.45, 2.75) is 76.6 Å². The Morgan fingerprint density at radius 2 is 2.00 bits per heavy atom. The fourth-order valence-corrected chi connectivity index (χ4v) is 7.48. The molecular weight excluding hydrogens is 442 g/mol. The van der Waals surface area contributed by atoms with Crippen LogP contribution in [0.4, 0.5) is 0 Å². The number of fused-ring (bicyclic) bond motifs is 3. The maximum absolute atomic E-state index is 13.7. The zero-order chi connectivity index (χ0) is 22.2. The fraction of sp³-hybridized carbons (Fsp3) is 0.708. The number of rotatable bonds is 5. The second-order valence-electron chi connectivity index (χ2n) is 9.83. The minimum absolute atomic E-state index is 0.0549. The first kappa shape index (κ1) is 22.4. The summed E-state index contributed by atoms with van der Waals surface area (Å²) in [5.41, 5.74) is 1.27. The van der Waals surface area contributed by atoms with Gasteiger partial charge in [0.15, 0.2) is 5.16 Å². The van der Waals surface area contributed by atoms with Gasteiger partial charge in [-0.1, -0.05) is 25.6 Å². The molecule has 0 aromatic carbocycles. The average Bonchev–Trinajstić information content (AvgIpc) is 3.41. The Labute approximate surface area is 197 Å². The molecule has 32 heavy (non-hydrogen) atoms. The number of thiophene rings is 1. The SMILES string of the molecule is CC1CCN(C(=O)CSc2nc3sc4c(c3c(=O)n2CC2CCCO2)CCC(C)C4)CC1. The van der Waals surface area contributed by atoms with Crippen molar-refractivity contribution >= 4 is 39.2 Å². The Balaban J connectivity index is 1.44. The number of aromatic nitrogens is 2. The second kappa shape index (κ2) is 9.47. The van der Waals surface area contributed by atoms with Gasteiger partial charge in [-0.15, -0.1) is 11.3 Å². The molecule has 0 saturated carbocycles. The van der Waals surface area contributed by atoms with E-state index in [1.165, 1.54) is 22.2 Å². The summed E-state index contributed by atoms with van der Waals surface area (Å²) in [6.07, 6.45) is 7.34. The number of aryl methyl sites for hydroxylation is 1.